The summed E-state index contributed by atoms with van der Waals surface area (Å²) >= 11 is 0. The van der Waals surface area contributed by atoms with Crippen molar-refractivity contribution >= 4 is 0 Å². The number of pyridine rings is 1. The standard InChI is InChI=1S/C17H28N2/c1-4-5-14-7-9-15(11-18-3)17(10-14)16-8-6-13(2)19-12-16/h6,8,12,14-15,17-18H,4-5,7,9-11H2,1-3H3. The fraction of sp³-hybridized carbons (Fsp3) is 0.706. The van der Waals surface area contributed by atoms with Crippen LogP contribution in [-0.2, 0) is 0 Å². The van der Waals surface area contributed by atoms with Gasteiger partial charge in [0.15, 0.2) is 0 Å². The molecule has 106 valence electrons. The third-order valence-electron chi connectivity index (χ3n) is 4.63. The van der Waals surface area contributed by atoms with Gasteiger partial charge in [0.25, 0.3) is 0 Å². The zero-order chi connectivity index (χ0) is 13.7. The maximum atomic E-state index is 4.50. The van der Waals surface area contributed by atoms with Crippen molar-refractivity contribution in [3.05, 3.63) is 29.6 Å². The molecule has 1 aliphatic rings. The second kappa shape index (κ2) is 7.04. The second-order valence-corrected chi connectivity index (χ2v) is 6.12. The van der Waals surface area contributed by atoms with Crippen molar-refractivity contribution in [2.75, 3.05) is 13.6 Å². The molecule has 19 heavy (non-hydrogen) atoms. The van der Waals surface area contributed by atoms with Gasteiger partial charge < -0.3 is 5.32 Å². The summed E-state index contributed by atoms with van der Waals surface area (Å²) in [4.78, 5) is 4.50. The Hall–Kier alpha value is -0.890. The molecule has 1 saturated carbocycles. The topological polar surface area (TPSA) is 24.9 Å². The summed E-state index contributed by atoms with van der Waals surface area (Å²) < 4.78 is 0. The molecule has 0 bridgehead atoms. The first kappa shape index (κ1) is 14.5. The molecular formula is C17H28N2. The molecule has 3 unspecified atom stereocenters. The van der Waals surface area contributed by atoms with E-state index in [0.717, 1.165) is 24.1 Å². The summed E-state index contributed by atoms with van der Waals surface area (Å²) in [7, 11) is 2.07. The van der Waals surface area contributed by atoms with Gasteiger partial charge in [-0.2, -0.15) is 0 Å². The third kappa shape index (κ3) is 3.79. The van der Waals surface area contributed by atoms with Crippen LogP contribution in [0.2, 0.25) is 0 Å². The first-order valence-corrected chi connectivity index (χ1v) is 7.81. The van der Waals surface area contributed by atoms with Crippen LogP contribution in [0.1, 0.15) is 56.2 Å². The molecule has 0 amide bonds. The van der Waals surface area contributed by atoms with Crippen molar-refractivity contribution in [1.29, 1.82) is 0 Å². The van der Waals surface area contributed by atoms with Crippen LogP contribution >= 0.6 is 0 Å². The van der Waals surface area contributed by atoms with Crippen LogP contribution in [0.3, 0.4) is 0 Å². The molecule has 0 aliphatic heterocycles. The molecule has 1 N–H and O–H groups in total. The van der Waals surface area contributed by atoms with Crippen molar-refractivity contribution in [2.45, 2.75) is 51.9 Å². The van der Waals surface area contributed by atoms with Gasteiger partial charge in [-0.15, -0.1) is 0 Å². The molecule has 0 spiro atoms. The van der Waals surface area contributed by atoms with Crippen molar-refractivity contribution in [3.8, 4) is 0 Å². The normalized spacial score (nSPS) is 27.4. The summed E-state index contributed by atoms with van der Waals surface area (Å²) in [6.45, 7) is 5.51. The van der Waals surface area contributed by atoms with Crippen LogP contribution in [0.5, 0.6) is 0 Å². The van der Waals surface area contributed by atoms with Gasteiger partial charge in [-0.3, -0.25) is 4.98 Å². The van der Waals surface area contributed by atoms with Gasteiger partial charge in [0.2, 0.25) is 0 Å². The fourth-order valence-electron chi connectivity index (χ4n) is 3.60. The van der Waals surface area contributed by atoms with E-state index in [1.807, 2.05) is 0 Å². The highest BCUT2D eigenvalue weighted by atomic mass is 14.8. The van der Waals surface area contributed by atoms with Gasteiger partial charge in [-0.1, -0.05) is 32.3 Å². The molecule has 1 aromatic heterocycles. The van der Waals surface area contributed by atoms with Gasteiger partial charge in [-0.25, -0.2) is 0 Å². The summed E-state index contributed by atoms with van der Waals surface area (Å²) in [5.74, 6) is 2.40. The van der Waals surface area contributed by atoms with Gasteiger partial charge >= 0.3 is 0 Å². The molecule has 1 aromatic rings. The molecular weight excluding hydrogens is 232 g/mol. The molecule has 0 saturated heterocycles. The highest BCUT2D eigenvalue weighted by molar-refractivity contribution is 5.19. The lowest BCUT2D eigenvalue weighted by Gasteiger charge is -2.36. The van der Waals surface area contributed by atoms with Crippen molar-refractivity contribution < 1.29 is 0 Å². The number of aryl methyl sites for hydroxylation is 1. The monoisotopic (exact) mass is 260 g/mol. The number of rotatable bonds is 5. The minimum atomic E-state index is 0.700. The smallest absolute Gasteiger partial charge is 0.0372 e. The molecule has 3 atom stereocenters. The zero-order valence-corrected chi connectivity index (χ0v) is 12.7. The lowest BCUT2D eigenvalue weighted by molar-refractivity contribution is 0.223. The molecule has 1 fully saturated rings. The first-order valence-electron chi connectivity index (χ1n) is 7.81. The maximum absolute atomic E-state index is 4.50. The Bertz CT molecular complexity index is 371. The summed E-state index contributed by atoms with van der Waals surface area (Å²) in [6.07, 6.45) is 8.95. The molecule has 2 nitrogen and oxygen atoms in total. The SMILES string of the molecule is CCCC1CCC(CNC)C(c2ccc(C)nc2)C1. The van der Waals surface area contributed by atoms with Crippen LogP contribution in [0.15, 0.2) is 18.3 Å². The van der Waals surface area contributed by atoms with Gasteiger partial charge in [0.05, 0.1) is 0 Å². The Kier molecular flexibility index (Phi) is 5.38. The number of aromatic nitrogens is 1. The van der Waals surface area contributed by atoms with Crippen molar-refractivity contribution in [1.82, 2.24) is 10.3 Å². The second-order valence-electron chi connectivity index (χ2n) is 6.12. The molecule has 0 radical (unpaired) electrons. The van der Waals surface area contributed by atoms with Crippen molar-refractivity contribution in [3.63, 3.8) is 0 Å². The van der Waals surface area contributed by atoms with Gasteiger partial charge in [0.1, 0.15) is 0 Å². The third-order valence-corrected chi connectivity index (χ3v) is 4.63. The number of hydrogen-bond acceptors (Lipinski definition) is 2. The number of nitrogens with one attached hydrogen (secondary N) is 1. The molecule has 0 aromatic carbocycles. The van der Waals surface area contributed by atoms with E-state index >= 15 is 0 Å². The summed E-state index contributed by atoms with van der Waals surface area (Å²) in [5.41, 5.74) is 2.57. The van der Waals surface area contributed by atoms with E-state index in [0.29, 0.717) is 5.92 Å². The van der Waals surface area contributed by atoms with E-state index in [2.05, 4.69) is 49.5 Å². The van der Waals surface area contributed by atoms with Crippen molar-refractivity contribution in [2.24, 2.45) is 11.8 Å². The Labute approximate surface area is 118 Å². The van der Waals surface area contributed by atoms with E-state index in [1.165, 1.54) is 37.7 Å². The van der Waals surface area contributed by atoms with E-state index in [1.54, 1.807) is 0 Å². The molecule has 1 heterocycles. The van der Waals surface area contributed by atoms with Crippen LogP contribution < -0.4 is 5.32 Å². The molecule has 2 heteroatoms. The Morgan fingerprint density at radius 3 is 2.79 bits per heavy atom. The van der Waals surface area contributed by atoms with E-state index in [9.17, 15) is 0 Å². The average molecular weight is 260 g/mol. The minimum absolute atomic E-state index is 0.700. The van der Waals surface area contributed by atoms with Crippen LogP contribution in [-0.4, -0.2) is 18.6 Å². The van der Waals surface area contributed by atoms with Gasteiger partial charge in [-0.05, 0) is 62.7 Å². The molecule has 1 aliphatic carbocycles. The van der Waals surface area contributed by atoms with E-state index in [-0.39, 0.29) is 0 Å². The largest absolute Gasteiger partial charge is 0.319 e. The van der Waals surface area contributed by atoms with Crippen LogP contribution in [0.25, 0.3) is 0 Å². The Morgan fingerprint density at radius 1 is 1.32 bits per heavy atom. The van der Waals surface area contributed by atoms with Crippen LogP contribution in [0, 0.1) is 18.8 Å². The van der Waals surface area contributed by atoms with Crippen LogP contribution in [0.4, 0.5) is 0 Å². The average Bonchev–Trinajstić information content (AvgIpc) is 2.42. The lowest BCUT2D eigenvalue weighted by Crippen LogP contribution is -2.30. The summed E-state index contributed by atoms with van der Waals surface area (Å²) in [6, 6.07) is 4.46. The predicted octanol–water partition coefficient (Wildman–Crippen LogP) is 3.91. The zero-order valence-electron chi connectivity index (χ0n) is 12.7. The maximum Gasteiger partial charge on any atom is 0.0372 e. The lowest BCUT2D eigenvalue weighted by atomic mass is 9.70. The fourth-order valence-corrected chi connectivity index (χ4v) is 3.60. The van der Waals surface area contributed by atoms with E-state index in [4.69, 9.17) is 0 Å². The molecule has 2 rings (SSSR count). The number of hydrogen-bond donors (Lipinski definition) is 1. The summed E-state index contributed by atoms with van der Waals surface area (Å²) in [5, 5.41) is 3.37. The quantitative estimate of drug-likeness (QED) is 0.868. The highest BCUT2D eigenvalue weighted by Gasteiger charge is 2.30. The van der Waals surface area contributed by atoms with Gasteiger partial charge in [0, 0.05) is 11.9 Å². The highest BCUT2D eigenvalue weighted by Crippen LogP contribution is 2.41. The predicted molar refractivity (Wildman–Crippen MR) is 81.4 cm³/mol. The van der Waals surface area contributed by atoms with E-state index < -0.39 is 0 Å². The number of nitrogens with zero attached hydrogens (tertiary/aromatic N) is 1. The minimum Gasteiger partial charge on any atom is -0.319 e. The Balaban J connectivity index is 2.12. The first-order chi connectivity index (χ1) is 9.24. The Morgan fingerprint density at radius 2 is 2.16 bits per heavy atom.